The van der Waals surface area contributed by atoms with Crippen molar-refractivity contribution in [2.45, 2.75) is 65.8 Å². The van der Waals surface area contributed by atoms with E-state index < -0.39 is 0 Å². The van der Waals surface area contributed by atoms with Crippen molar-refractivity contribution in [1.82, 2.24) is 15.5 Å². The van der Waals surface area contributed by atoms with E-state index in [4.69, 9.17) is 0 Å². The van der Waals surface area contributed by atoms with E-state index in [-0.39, 0.29) is 0 Å². The number of aliphatic imine (C=N–C) groups is 1. The number of nitrogens with zero attached hydrogens (tertiary/aromatic N) is 2. The Morgan fingerprint density at radius 1 is 1.24 bits per heavy atom. The molecule has 21 heavy (non-hydrogen) atoms. The van der Waals surface area contributed by atoms with Crippen molar-refractivity contribution in [3.63, 3.8) is 0 Å². The minimum atomic E-state index is 0.405. The lowest BCUT2D eigenvalue weighted by molar-refractivity contribution is 0.333. The van der Waals surface area contributed by atoms with Gasteiger partial charge < -0.3 is 15.5 Å². The largest absolute Gasteiger partial charge is 0.356 e. The van der Waals surface area contributed by atoms with Crippen LogP contribution in [0.3, 0.4) is 0 Å². The summed E-state index contributed by atoms with van der Waals surface area (Å²) in [7, 11) is 1.85. The number of guanidine groups is 1. The monoisotopic (exact) mass is 296 g/mol. The second-order valence-electron chi connectivity index (χ2n) is 7.55. The van der Waals surface area contributed by atoms with Crippen molar-refractivity contribution in [3.8, 4) is 0 Å². The van der Waals surface area contributed by atoms with E-state index in [2.05, 4.69) is 48.2 Å². The Labute approximate surface area is 131 Å². The maximum absolute atomic E-state index is 4.32. The summed E-state index contributed by atoms with van der Waals surface area (Å²) in [5, 5.41) is 6.93. The highest BCUT2D eigenvalue weighted by molar-refractivity contribution is 5.79. The molecule has 1 heterocycles. The average Bonchev–Trinajstić information content (AvgIpc) is 2.92. The Balaban J connectivity index is 2.13. The van der Waals surface area contributed by atoms with Crippen molar-refractivity contribution in [2.24, 2.45) is 10.4 Å². The molecule has 0 bridgehead atoms. The summed E-state index contributed by atoms with van der Waals surface area (Å²) in [5.41, 5.74) is 0.405. The highest BCUT2D eigenvalue weighted by Gasteiger charge is 2.13. The van der Waals surface area contributed by atoms with Crippen LogP contribution in [0.2, 0.25) is 0 Å². The van der Waals surface area contributed by atoms with E-state index in [1.54, 1.807) is 0 Å². The molecule has 0 spiro atoms. The fourth-order valence-corrected chi connectivity index (χ4v) is 2.67. The minimum absolute atomic E-state index is 0.405. The van der Waals surface area contributed by atoms with Crippen LogP contribution in [0.15, 0.2) is 4.99 Å². The molecule has 0 saturated carbocycles. The number of rotatable bonds is 7. The molecule has 2 N–H and O–H groups in total. The Morgan fingerprint density at radius 2 is 1.90 bits per heavy atom. The van der Waals surface area contributed by atoms with Gasteiger partial charge in [-0.1, -0.05) is 20.8 Å². The zero-order valence-electron chi connectivity index (χ0n) is 14.8. The van der Waals surface area contributed by atoms with Crippen molar-refractivity contribution in [3.05, 3.63) is 0 Å². The van der Waals surface area contributed by atoms with Crippen molar-refractivity contribution < 1.29 is 0 Å². The molecule has 1 unspecified atom stereocenters. The molecule has 0 aromatic carbocycles. The molecule has 1 aliphatic heterocycles. The maximum Gasteiger partial charge on any atom is 0.191 e. The van der Waals surface area contributed by atoms with Crippen LogP contribution in [0.4, 0.5) is 0 Å². The van der Waals surface area contributed by atoms with Gasteiger partial charge in [0.15, 0.2) is 5.96 Å². The Kier molecular flexibility index (Phi) is 8.09. The molecule has 0 aromatic rings. The van der Waals surface area contributed by atoms with E-state index in [0.29, 0.717) is 11.5 Å². The molecule has 1 aliphatic rings. The SMILES string of the molecule is CN=C(NCCCN1CCCC1)NC(C)CCC(C)(C)C. The summed E-state index contributed by atoms with van der Waals surface area (Å²) in [6, 6.07) is 0.467. The van der Waals surface area contributed by atoms with E-state index >= 15 is 0 Å². The number of hydrogen-bond donors (Lipinski definition) is 2. The highest BCUT2D eigenvalue weighted by atomic mass is 15.2. The van der Waals surface area contributed by atoms with Crippen LogP contribution in [0.5, 0.6) is 0 Å². The van der Waals surface area contributed by atoms with Crippen molar-refractivity contribution in [1.29, 1.82) is 0 Å². The van der Waals surface area contributed by atoms with Crippen molar-refractivity contribution in [2.75, 3.05) is 33.2 Å². The predicted octanol–water partition coefficient (Wildman–Crippen LogP) is 2.85. The van der Waals surface area contributed by atoms with Gasteiger partial charge in [-0.3, -0.25) is 4.99 Å². The zero-order chi connectivity index (χ0) is 15.7. The van der Waals surface area contributed by atoms with Crippen LogP contribution < -0.4 is 10.6 Å². The van der Waals surface area contributed by atoms with E-state index in [9.17, 15) is 0 Å². The summed E-state index contributed by atoms with van der Waals surface area (Å²) in [4.78, 5) is 6.88. The first kappa shape index (κ1) is 18.3. The lowest BCUT2D eigenvalue weighted by atomic mass is 9.89. The normalized spacial score (nSPS) is 18.8. The van der Waals surface area contributed by atoms with Crippen molar-refractivity contribution >= 4 is 5.96 Å². The summed E-state index contributed by atoms with van der Waals surface area (Å²) >= 11 is 0. The molecular weight excluding hydrogens is 260 g/mol. The van der Waals surface area contributed by atoms with E-state index in [0.717, 1.165) is 12.5 Å². The molecule has 0 radical (unpaired) electrons. The fraction of sp³-hybridized carbons (Fsp3) is 0.941. The van der Waals surface area contributed by atoms with E-state index in [1.807, 2.05) is 7.05 Å². The third-order valence-electron chi connectivity index (χ3n) is 4.08. The molecule has 1 atom stereocenters. The molecule has 0 aromatic heterocycles. The Morgan fingerprint density at radius 3 is 2.48 bits per heavy atom. The Bertz CT molecular complexity index is 300. The molecule has 1 fully saturated rings. The van der Waals surface area contributed by atoms with Gasteiger partial charge in [0.25, 0.3) is 0 Å². The second-order valence-corrected chi connectivity index (χ2v) is 7.55. The van der Waals surface area contributed by atoms with Crippen LogP contribution in [-0.4, -0.2) is 50.1 Å². The summed E-state index contributed by atoms with van der Waals surface area (Å²) in [5.74, 6) is 0.942. The average molecular weight is 297 g/mol. The minimum Gasteiger partial charge on any atom is -0.356 e. The third kappa shape index (κ3) is 8.97. The van der Waals surface area contributed by atoms with Crippen LogP contribution >= 0.6 is 0 Å². The van der Waals surface area contributed by atoms with Gasteiger partial charge in [0.1, 0.15) is 0 Å². The molecule has 1 rings (SSSR count). The van der Waals surface area contributed by atoms with Crippen LogP contribution in [0.25, 0.3) is 0 Å². The van der Waals surface area contributed by atoms with Gasteiger partial charge in [0, 0.05) is 19.6 Å². The zero-order valence-corrected chi connectivity index (χ0v) is 14.8. The number of likely N-dealkylation sites (tertiary alicyclic amines) is 1. The van der Waals surface area contributed by atoms with Gasteiger partial charge in [-0.25, -0.2) is 0 Å². The maximum atomic E-state index is 4.32. The molecular formula is C17H36N4. The summed E-state index contributed by atoms with van der Waals surface area (Å²) < 4.78 is 0. The van der Waals surface area contributed by atoms with Crippen LogP contribution in [0, 0.1) is 5.41 Å². The summed E-state index contributed by atoms with van der Waals surface area (Å²) in [6.07, 6.45) is 6.35. The van der Waals surface area contributed by atoms with Gasteiger partial charge in [-0.2, -0.15) is 0 Å². The molecule has 0 amide bonds. The van der Waals surface area contributed by atoms with Crippen LogP contribution in [-0.2, 0) is 0 Å². The lowest BCUT2D eigenvalue weighted by Gasteiger charge is -2.23. The second kappa shape index (κ2) is 9.29. The van der Waals surface area contributed by atoms with Gasteiger partial charge >= 0.3 is 0 Å². The first-order valence-corrected chi connectivity index (χ1v) is 8.60. The third-order valence-corrected chi connectivity index (χ3v) is 4.08. The number of nitrogens with one attached hydrogen (secondary N) is 2. The quantitative estimate of drug-likeness (QED) is 0.431. The highest BCUT2D eigenvalue weighted by Crippen LogP contribution is 2.21. The summed E-state index contributed by atoms with van der Waals surface area (Å²) in [6.45, 7) is 13.9. The van der Waals surface area contributed by atoms with E-state index in [1.165, 1.54) is 51.7 Å². The molecule has 4 nitrogen and oxygen atoms in total. The van der Waals surface area contributed by atoms with Crippen LogP contribution in [0.1, 0.15) is 59.8 Å². The fourth-order valence-electron chi connectivity index (χ4n) is 2.67. The van der Waals surface area contributed by atoms with Gasteiger partial charge in [-0.05, 0) is 64.1 Å². The van der Waals surface area contributed by atoms with Gasteiger partial charge in [0.2, 0.25) is 0 Å². The Hall–Kier alpha value is -0.770. The molecule has 1 saturated heterocycles. The predicted molar refractivity (Wildman–Crippen MR) is 92.9 cm³/mol. The first-order valence-electron chi connectivity index (χ1n) is 8.60. The topological polar surface area (TPSA) is 39.7 Å². The molecule has 124 valence electrons. The standard InChI is InChI=1S/C17H36N4/c1-15(9-10-17(2,3)4)20-16(18-5)19-11-8-14-21-12-6-7-13-21/h15H,6-14H2,1-5H3,(H2,18,19,20). The molecule has 4 heteroatoms. The lowest BCUT2D eigenvalue weighted by Crippen LogP contribution is -2.43. The first-order chi connectivity index (χ1) is 9.90. The smallest absolute Gasteiger partial charge is 0.191 e. The number of hydrogen-bond acceptors (Lipinski definition) is 2. The van der Waals surface area contributed by atoms with Gasteiger partial charge in [-0.15, -0.1) is 0 Å². The van der Waals surface area contributed by atoms with Gasteiger partial charge in [0.05, 0.1) is 0 Å². The molecule has 0 aliphatic carbocycles.